The highest BCUT2D eigenvalue weighted by Crippen LogP contribution is 2.42. The molecule has 0 N–H and O–H groups in total. The van der Waals surface area contributed by atoms with Crippen LogP contribution in [0.3, 0.4) is 0 Å². The van der Waals surface area contributed by atoms with E-state index < -0.39 is 0 Å². The molecule has 0 aliphatic heterocycles. The number of rotatable bonds is 13. The molecule has 1 aromatic carbocycles. The minimum absolute atomic E-state index is 0.0774. The van der Waals surface area contributed by atoms with Crippen molar-refractivity contribution in [1.82, 2.24) is 0 Å². The molecule has 33 heavy (non-hydrogen) atoms. The molecule has 0 saturated heterocycles. The predicted molar refractivity (Wildman–Crippen MR) is 140 cm³/mol. The Hall–Kier alpha value is -1.05. The molecule has 1 aromatic rings. The maximum Gasteiger partial charge on any atom is 0.168 e. The van der Waals surface area contributed by atoms with Crippen LogP contribution in [0.25, 0.3) is 0 Å². The van der Waals surface area contributed by atoms with Crippen LogP contribution >= 0.6 is 0 Å². The molecule has 2 fully saturated rings. The molecule has 188 valence electrons. The van der Waals surface area contributed by atoms with Crippen LogP contribution in [0.4, 0.5) is 4.39 Å². The van der Waals surface area contributed by atoms with Gasteiger partial charge in [0.1, 0.15) is 0 Å². The Labute approximate surface area is 204 Å². The van der Waals surface area contributed by atoms with Crippen LogP contribution in [0.15, 0.2) is 12.1 Å². The zero-order valence-electron chi connectivity index (χ0n) is 22.0. The van der Waals surface area contributed by atoms with E-state index in [9.17, 15) is 0 Å². The fourth-order valence-electron chi connectivity index (χ4n) is 6.71. The second-order valence-corrected chi connectivity index (χ2v) is 11.3. The summed E-state index contributed by atoms with van der Waals surface area (Å²) >= 11 is 0. The number of aryl methyl sites for hydroxylation is 1. The molecule has 2 aliphatic rings. The SMILES string of the molecule is CCCCCCCC1CCC(CCc2ccc(C3CCC(CCC)CC3)c(OC)c2F)CC1. The van der Waals surface area contributed by atoms with Crippen LogP contribution in [-0.2, 0) is 6.42 Å². The number of hydrogen-bond donors (Lipinski definition) is 0. The number of ether oxygens (including phenoxy) is 1. The van der Waals surface area contributed by atoms with Crippen LogP contribution in [0.1, 0.15) is 140 Å². The second kappa shape index (κ2) is 14.4. The lowest BCUT2D eigenvalue weighted by atomic mass is 9.76. The van der Waals surface area contributed by atoms with Crippen molar-refractivity contribution in [3.8, 4) is 5.75 Å². The highest BCUT2D eigenvalue weighted by atomic mass is 19.1. The van der Waals surface area contributed by atoms with Crippen molar-refractivity contribution in [2.24, 2.45) is 17.8 Å². The van der Waals surface area contributed by atoms with Gasteiger partial charge in [0.05, 0.1) is 7.11 Å². The fourth-order valence-corrected chi connectivity index (χ4v) is 6.71. The molecule has 2 saturated carbocycles. The van der Waals surface area contributed by atoms with Crippen LogP contribution < -0.4 is 4.74 Å². The van der Waals surface area contributed by atoms with Crippen LogP contribution in [-0.4, -0.2) is 7.11 Å². The van der Waals surface area contributed by atoms with Crippen LogP contribution in [0.5, 0.6) is 5.75 Å². The number of benzene rings is 1. The third-order valence-corrected chi connectivity index (χ3v) is 8.90. The quantitative estimate of drug-likeness (QED) is 0.267. The zero-order chi connectivity index (χ0) is 23.5. The van der Waals surface area contributed by atoms with E-state index in [1.165, 1.54) is 103 Å². The summed E-state index contributed by atoms with van der Waals surface area (Å²) in [6.07, 6.45) is 23.5. The Bertz CT molecular complexity index is 668. The summed E-state index contributed by atoms with van der Waals surface area (Å²) in [5.74, 6) is 3.53. The molecule has 0 unspecified atom stereocenters. The maximum absolute atomic E-state index is 15.4. The molecule has 0 bridgehead atoms. The van der Waals surface area contributed by atoms with E-state index in [-0.39, 0.29) is 5.82 Å². The summed E-state index contributed by atoms with van der Waals surface area (Å²) in [6.45, 7) is 4.57. The zero-order valence-corrected chi connectivity index (χ0v) is 22.0. The minimum atomic E-state index is -0.0774. The Balaban J connectivity index is 1.45. The first-order chi connectivity index (χ1) is 16.2. The van der Waals surface area contributed by atoms with Gasteiger partial charge in [-0.2, -0.15) is 0 Å². The standard InChI is InChI=1S/C31H51FO/c1-4-6-7-8-9-11-25-12-14-26(15-13-25)18-21-28-22-23-29(31(33-3)30(28)32)27-19-16-24(10-5-2)17-20-27/h22-27H,4-21H2,1-3H3. The van der Waals surface area contributed by atoms with Gasteiger partial charge in [-0.3, -0.25) is 0 Å². The predicted octanol–water partition coefficient (Wildman–Crippen LogP) is 10.0. The van der Waals surface area contributed by atoms with E-state index in [0.717, 1.165) is 41.7 Å². The van der Waals surface area contributed by atoms with Crippen molar-refractivity contribution < 1.29 is 9.13 Å². The number of hydrogen-bond acceptors (Lipinski definition) is 1. The highest BCUT2D eigenvalue weighted by Gasteiger charge is 2.27. The molecule has 0 spiro atoms. The first-order valence-electron chi connectivity index (χ1n) is 14.5. The van der Waals surface area contributed by atoms with Gasteiger partial charge in [0.25, 0.3) is 0 Å². The summed E-state index contributed by atoms with van der Waals surface area (Å²) in [7, 11) is 1.65. The average molecular weight is 459 g/mol. The number of unbranched alkanes of at least 4 members (excludes halogenated alkanes) is 4. The third kappa shape index (κ3) is 8.00. The topological polar surface area (TPSA) is 9.23 Å². The Morgan fingerprint density at radius 3 is 1.97 bits per heavy atom. The molecule has 2 aliphatic carbocycles. The monoisotopic (exact) mass is 458 g/mol. The van der Waals surface area contributed by atoms with Crippen LogP contribution in [0.2, 0.25) is 0 Å². The first-order valence-corrected chi connectivity index (χ1v) is 14.5. The normalized spacial score (nSPS) is 25.8. The minimum Gasteiger partial charge on any atom is -0.493 e. The molecular weight excluding hydrogens is 407 g/mol. The van der Waals surface area contributed by atoms with E-state index >= 15 is 4.39 Å². The molecule has 2 heteroatoms. The summed E-state index contributed by atoms with van der Waals surface area (Å²) < 4.78 is 21.0. The fraction of sp³-hybridized carbons (Fsp3) is 0.806. The Kier molecular flexibility index (Phi) is 11.6. The molecular formula is C31H51FO. The summed E-state index contributed by atoms with van der Waals surface area (Å²) in [5.41, 5.74) is 1.99. The smallest absolute Gasteiger partial charge is 0.168 e. The van der Waals surface area contributed by atoms with Gasteiger partial charge >= 0.3 is 0 Å². The van der Waals surface area contributed by atoms with E-state index in [1.807, 2.05) is 0 Å². The summed E-state index contributed by atoms with van der Waals surface area (Å²) in [4.78, 5) is 0. The van der Waals surface area contributed by atoms with Crippen molar-refractivity contribution in [2.75, 3.05) is 7.11 Å². The Morgan fingerprint density at radius 1 is 0.727 bits per heavy atom. The summed E-state index contributed by atoms with van der Waals surface area (Å²) in [6, 6.07) is 4.27. The second-order valence-electron chi connectivity index (χ2n) is 11.3. The van der Waals surface area contributed by atoms with Gasteiger partial charge in [-0.05, 0) is 67.8 Å². The molecule has 3 rings (SSSR count). The van der Waals surface area contributed by atoms with Crippen molar-refractivity contribution in [3.63, 3.8) is 0 Å². The lowest BCUT2D eigenvalue weighted by molar-refractivity contribution is 0.248. The van der Waals surface area contributed by atoms with Gasteiger partial charge in [-0.15, -0.1) is 0 Å². The largest absolute Gasteiger partial charge is 0.493 e. The Morgan fingerprint density at radius 2 is 1.33 bits per heavy atom. The highest BCUT2D eigenvalue weighted by molar-refractivity contribution is 5.42. The average Bonchev–Trinajstić information content (AvgIpc) is 2.84. The van der Waals surface area contributed by atoms with Gasteiger partial charge in [0, 0.05) is 5.56 Å². The molecule has 0 amide bonds. The van der Waals surface area contributed by atoms with E-state index in [4.69, 9.17) is 4.74 Å². The van der Waals surface area contributed by atoms with Crippen molar-refractivity contribution in [2.45, 2.75) is 135 Å². The lowest BCUT2D eigenvalue weighted by Gasteiger charge is -2.30. The molecule has 0 aromatic heterocycles. The van der Waals surface area contributed by atoms with E-state index in [1.54, 1.807) is 7.11 Å². The molecule has 0 heterocycles. The van der Waals surface area contributed by atoms with Crippen molar-refractivity contribution in [1.29, 1.82) is 0 Å². The van der Waals surface area contributed by atoms with E-state index in [2.05, 4.69) is 26.0 Å². The summed E-state index contributed by atoms with van der Waals surface area (Å²) in [5, 5.41) is 0. The van der Waals surface area contributed by atoms with Crippen molar-refractivity contribution in [3.05, 3.63) is 29.1 Å². The lowest BCUT2D eigenvalue weighted by Crippen LogP contribution is -2.16. The van der Waals surface area contributed by atoms with Gasteiger partial charge in [0.2, 0.25) is 0 Å². The molecule has 0 atom stereocenters. The maximum atomic E-state index is 15.4. The first kappa shape index (κ1) is 26.6. The third-order valence-electron chi connectivity index (χ3n) is 8.90. The number of methoxy groups -OCH3 is 1. The van der Waals surface area contributed by atoms with E-state index in [0.29, 0.717) is 11.7 Å². The van der Waals surface area contributed by atoms with Gasteiger partial charge < -0.3 is 4.74 Å². The van der Waals surface area contributed by atoms with Gasteiger partial charge in [-0.25, -0.2) is 4.39 Å². The molecule has 0 radical (unpaired) electrons. The van der Waals surface area contributed by atoms with Gasteiger partial charge in [-0.1, -0.05) is 103 Å². The number of halogens is 1. The van der Waals surface area contributed by atoms with Gasteiger partial charge in [0.15, 0.2) is 11.6 Å². The van der Waals surface area contributed by atoms with Crippen molar-refractivity contribution >= 4 is 0 Å². The molecule has 1 nitrogen and oxygen atoms in total. The van der Waals surface area contributed by atoms with Crippen LogP contribution in [0, 0.1) is 23.6 Å².